The Kier molecular flexibility index (Phi) is 6.99. The number of pyridine rings is 1. The number of ketones is 1. The third-order valence-corrected chi connectivity index (χ3v) is 6.94. The van der Waals surface area contributed by atoms with Gasteiger partial charge < -0.3 is 9.84 Å². The Morgan fingerprint density at radius 3 is 2.39 bits per heavy atom. The number of halogens is 1. The van der Waals surface area contributed by atoms with Gasteiger partial charge in [0, 0.05) is 22.5 Å². The summed E-state index contributed by atoms with van der Waals surface area (Å²) in [6.45, 7) is 4.11. The second-order valence-corrected chi connectivity index (χ2v) is 9.52. The van der Waals surface area contributed by atoms with Crippen LogP contribution in [0.3, 0.4) is 0 Å². The lowest BCUT2D eigenvalue weighted by molar-refractivity contribution is -0.132. The van der Waals surface area contributed by atoms with Crippen molar-refractivity contribution in [3.05, 3.63) is 130 Å². The first-order chi connectivity index (χ1) is 18.3. The van der Waals surface area contributed by atoms with E-state index in [4.69, 9.17) is 16.3 Å². The van der Waals surface area contributed by atoms with Crippen LogP contribution in [-0.2, 0) is 16.2 Å². The number of ether oxygens (including phenoxy) is 1. The summed E-state index contributed by atoms with van der Waals surface area (Å²) in [7, 11) is 0. The normalized spacial score (nSPS) is 16.6. The number of carbonyl (C=O) groups is 2. The van der Waals surface area contributed by atoms with Gasteiger partial charge in [0.1, 0.15) is 24.2 Å². The number of hydrogen-bond donors (Lipinski definition) is 1. The van der Waals surface area contributed by atoms with Crippen LogP contribution in [0.2, 0.25) is 5.02 Å². The molecule has 0 radical (unpaired) electrons. The quantitative estimate of drug-likeness (QED) is 0.175. The summed E-state index contributed by atoms with van der Waals surface area (Å²) in [5.41, 5.74) is 3.90. The fraction of sp³-hybridized carbons (Fsp3) is 0.129. The summed E-state index contributed by atoms with van der Waals surface area (Å²) in [5.74, 6) is -1.18. The number of amides is 1. The van der Waals surface area contributed by atoms with Crippen molar-refractivity contribution in [3.63, 3.8) is 0 Å². The molecule has 0 bridgehead atoms. The third-order valence-electron chi connectivity index (χ3n) is 6.53. The molecule has 1 amide bonds. The van der Waals surface area contributed by atoms with Gasteiger partial charge in [-0.15, -0.1) is 0 Å². The van der Waals surface area contributed by atoms with Crippen LogP contribution in [0.25, 0.3) is 5.76 Å². The molecule has 1 N–H and O–H groups in total. The number of rotatable bonds is 6. The number of aryl methyl sites for hydroxylation is 2. The monoisotopic (exact) mass is 524 g/mol. The van der Waals surface area contributed by atoms with Crippen molar-refractivity contribution >= 4 is 34.7 Å². The van der Waals surface area contributed by atoms with Crippen molar-refractivity contribution in [3.8, 4) is 5.75 Å². The maximum absolute atomic E-state index is 13.4. The minimum atomic E-state index is -0.927. The van der Waals surface area contributed by atoms with Crippen LogP contribution in [0, 0.1) is 13.8 Å². The summed E-state index contributed by atoms with van der Waals surface area (Å²) in [5, 5.41) is 11.9. The van der Waals surface area contributed by atoms with Gasteiger partial charge >= 0.3 is 0 Å². The molecule has 0 spiro atoms. The van der Waals surface area contributed by atoms with Crippen LogP contribution in [0.15, 0.2) is 96.7 Å². The lowest BCUT2D eigenvalue weighted by Gasteiger charge is -2.25. The first kappa shape index (κ1) is 25.2. The highest BCUT2D eigenvalue weighted by atomic mass is 35.5. The van der Waals surface area contributed by atoms with Gasteiger partial charge in [0.2, 0.25) is 0 Å². The van der Waals surface area contributed by atoms with E-state index in [2.05, 4.69) is 4.98 Å². The number of nitrogens with zero attached hydrogens (tertiary/aromatic N) is 2. The Hall–Kier alpha value is -4.42. The van der Waals surface area contributed by atoms with E-state index in [1.807, 2.05) is 44.2 Å². The zero-order chi connectivity index (χ0) is 26.8. The molecular formula is C31H25ClN2O4. The molecule has 7 heteroatoms. The highest BCUT2D eigenvalue weighted by Crippen LogP contribution is 2.42. The summed E-state index contributed by atoms with van der Waals surface area (Å²) in [4.78, 5) is 32.4. The van der Waals surface area contributed by atoms with Crippen molar-refractivity contribution in [2.24, 2.45) is 0 Å². The van der Waals surface area contributed by atoms with Crippen LogP contribution in [0.1, 0.15) is 34.0 Å². The Morgan fingerprint density at radius 2 is 1.71 bits per heavy atom. The number of aromatic nitrogens is 1. The van der Waals surface area contributed by atoms with E-state index in [-0.39, 0.29) is 11.3 Å². The van der Waals surface area contributed by atoms with E-state index in [1.165, 1.54) is 4.90 Å². The van der Waals surface area contributed by atoms with Gasteiger partial charge in [-0.2, -0.15) is 0 Å². The summed E-state index contributed by atoms with van der Waals surface area (Å²) in [6.07, 6.45) is 1.58. The highest BCUT2D eigenvalue weighted by molar-refractivity contribution is 6.51. The highest BCUT2D eigenvalue weighted by Gasteiger charge is 2.47. The molecule has 1 aliphatic rings. The molecule has 1 fully saturated rings. The lowest BCUT2D eigenvalue weighted by atomic mass is 9.97. The minimum absolute atomic E-state index is 0.0391. The van der Waals surface area contributed by atoms with Gasteiger partial charge in [0.05, 0.1) is 11.3 Å². The molecule has 1 aliphatic heterocycles. The molecular weight excluding hydrogens is 500 g/mol. The van der Waals surface area contributed by atoms with Crippen LogP contribution in [-0.4, -0.2) is 21.8 Å². The van der Waals surface area contributed by atoms with E-state index < -0.39 is 17.7 Å². The standard InChI is InChI=1S/C31H25ClN2O4/c1-19-11-13-23(17-24(19)32)34-28(25-10-6-7-15-33-25)27(30(36)31(34)37)29(35)22-12-14-26(20(2)16-22)38-18-21-8-4-3-5-9-21/h3-17,28,35H,18H2,1-2H3/b29-27+. The molecule has 2 heterocycles. The van der Waals surface area contributed by atoms with E-state index >= 15 is 0 Å². The Labute approximate surface area is 225 Å². The number of Topliss-reactive ketones (excluding diaryl/α,β-unsaturated/α-hetero) is 1. The smallest absolute Gasteiger partial charge is 0.300 e. The molecule has 1 atom stereocenters. The zero-order valence-corrected chi connectivity index (χ0v) is 21.6. The molecule has 1 unspecified atom stereocenters. The molecule has 4 aromatic rings. The molecule has 3 aromatic carbocycles. The fourth-order valence-corrected chi connectivity index (χ4v) is 4.67. The van der Waals surface area contributed by atoms with Crippen LogP contribution in [0.4, 0.5) is 5.69 Å². The van der Waals surface area contributed by atoms with Crippen LogP contribution in [0.5, 0.6) is 5.75 Å². The summed E-state index contributed by atoms with van der Waals surface area (Å²) in [6, 6.07) is 24.4. The minimum Gasteiger partial charge on any atom is -0.507 e. The zero-order valence-electron chi connectivity index (χ0n) is 20.9. The Morgan fingerprint density at radius 1 is 0.947 bits per heavy atom. The van der Waals surface area contributed by atoms with Gasteiger partial charge in [0.15, 0.2) is 0 Å². The third kappa shape index (κ3) is 4.78. The Balaban J connectivity index is 1.55. The van der Waals surface area contributed by atoms with Crippen molar-refractivity contribution < 1.29 is 19.4 Å². The fourth-order valence-electron chi connectivity index (χ4n) is 4.50. The number of aliphatic hydroxyl groups excluding tert-OH is 1. The largest absolute Gasteiger partial charge is 0.507 e. The SMILES string of the molecule is Cc1ccc(N2C(=O)C(=O)/C(=C(/O)c3ccc(OCc4ccccc4)c(C)c3)C2c2ccccn2)cc1Cl. The number of benzene rings is 3. The summed E-state index contributed by atoms with van der Waals surface area (Å²) < 4.78 is 5.96. The van der Waals surface area contributed by atoms with E-state index in [0.29, 0.717) is 34.3 Å². The second-order valence-electron chi connectivity index (χ2n) is 9.11. The van der Waals surface area contributed by atoms with Crippen molar-refractivity contribution in [2.45, 2.75) is 26.5 Å². The van der Waals surface area contributed by atoms with E-state index in [1.54, 1.807) is 60.8 Å². The maximum Gasteiger partial charge on any atom is 0.300 e. The van der Waals surface area contributed by atoms with Crippen LogP contribution < -0.4 is 9.64 Å². The molecule has 6 nitrogen and oxygen atoms in total. The molecule has 38 heavy (non-hydrogen) atoms. The molecule has 190 valence electrons. The van der Waals surface area contributed by atoms with Gasteiger partial charge in [-0.05, 0) is 73.0 Å². The molecule has 0 saturated carbocycles. The van der Waals surface area contributed by atoms with Crippen molar-refractivity contribution in [1.29, 1.82) is 0 Å². The maximum atomic E-state index is 13.4. The van der Waals surface area contributed by atoms with E-state index in [0.717, 1.165) is 16.7 Å². The molecule has 1 saturated heterocycles. The van der Waals surface area contributed by atoms with Crippen LogP contribution >= 0.6 is 11.6 Å². The molecule has 5 rings (SSSR count). The average Bonchev–Trinajstić information content (AvgIpc) is 3.20. The number of hydrogen-bond acceptors (Lipinski definition) is 5. The summed E-state index contributed by atoms with van der Waals surface area (Å²) >= 11 is 6.35. The topological polar surface area (TPSA) is 79.7 Å². The first-order valence-electron chi connectivity index (χ1n) is 12.1. The van der Waals surface area contributed by atoms with Gasteiger partial charge in [-0.25, -0.2) is 0 Å². The van der Waals surface area contributed by atoms with Crippen molar-refractivity contribution in [2.75, 3.05) is 4.90 Å². The number of carbonyl (C=O) groups excluding carboxylic acids is 2. The van der Waals surface area contributed by atoms with Gasteiger partial charge in [-0.3, -0.25) is 19.5 Å². The predicted molar refractivity (Wildman–Crippen MR) is 147 cm³/mol. The number of aliphatic hydroxyl groups is 1. The molecule has 1 aromatic heterocycles. The first-order valence-corrected chi connectivity index (χ1v) is 12.5. The van der Waals surface area contributed by atoms with Gasteiger partial charge in [-0.1, -0.05) is 54.1 Å². The van der Waals surface area contributed by atoms with E-state index in [9.17, 15) is 14.7 Å². The molecule has 0 aliphatic carbocycles. The van der Waals surface area contributed by atoms with Crippen molar-refractivity contribution in [1.82, 2.24) is 4.98 Å². The number of anilines is 1. The average molecular weight is 525 g/mol. The Bertz CT molecular complexity index is 1550. The predicted octanol–water partition coefficient (Wildman–Crippen LogP) is 6.56. The second kappa shape index (κ2) is 10.5. The lowest BCUT2D eigenvalue weighted by Crippen LogP contribution is -2.29. The van der Waals surface area contributed by atoms with Gasteiger partial charge in [0.25, 0.3) is 11.7 Å².